The highest BCUT2D eigenvalue weighted by molar-refractivity contribution is 7.81. The van der Waals surface area contributed by atoms with Gasteiger partial charge in [0.05, 0.1) is 25.1 Å². The molecule has 1 fully saturated rings. The molecule has 1 saturated heterocycles. The molecule has 0 unspecified atom stereocenters. The van der Waals surface area contributed by atoms with Gasteiger partial charge in [0, 0.05) is 0 Å². The maximum absolute atomic E-state index is 5.29. The lowest BCUT2D eigenvalue weighted by atomic mass is 9.90. The van der Waals surface area contributed by atoms with Gasteiger partial charge >= 0.3 is 0 Å². The van der Waals surface area contributed by atoms with Crippen LogP contribution in [0.15, 0.2) is 12.1 Å². The quantitative estimate of drug-likeness (QED) is 0.778. The van der Waals surface area contributed by atoms with Gasteiger partial charge in [-0.1, -0.05) is 6.07 Å². The average Bonchev–Trinajstić information content (AvgIpc) is 2.19. The van der Waals surface area contributed by atoms with Crippen molar-refractivity contribution in [3.05, 3.63) is 28.8 Å². The molecule has 2 rings (SSSR count). The highest BCUT2D eigenvalue weighted by Gasteiger charge is 2.38. The first-order valence-corrected chi connectivity index (χ1v) is 5.48. The van der Waals surface area contributed by atoms with E-state index in [1.807, 2.05) is 6.07 Å². The molecule has 1 aliphatic rings. The van der Waals surface area contributed by atoms with Gasteiger partial charge in [-0.3, -0.25) is 0 Å². The number of benzene rings is 1. The number of hydrogen-bond acceptors (Lipinski definition) is 3. The number of ether oxygens (including phenoxy) is 2. The minimum absolute atomic E-state index is 0.0961. The zero-order chi connectivity index (χ0) is 11.1. The van der Waals surface area contributed by atoms with Crippen molar-refractivity contribution in [1.82, 2.24) is 0 Å². The third-order valence-corrected chi connectivity index (χ3v) is 3.64. The summed E-state index contributed by atoms with van der Waals surface area (Å²) >= 11 is 4.68. The van der Waals surface area contributed by atoms with Gasteiger partial charge in [0.15, 0.2) is 0 Å². The summed E-state index contributed by atoms with van der Waals surface area (Å²) in [6, 6.07) is 4.10. The van der Waals surface area contributed by atoms with Crippen LogP contribution in [-0.4, -0.2) is 20.3 Å². The van der Waals surface area contributed by atoms with E-state index in [0.717, 1.165) is 5.75 Å². The Morgan fingerprint density at radius 1 is 1.27 bits per heavy atom. The van der Waals surface area contributed by atoms with Crippen molar-refractivity contribution in [2.75, 3.05) is 20.3 Å². The van der Waals surface area contributed by atoms with Crippen LogP contribution in [0.5, 0.6) is 5.75 Å². The topological polar surface area (TPSA) is 18.5 Å². The van der Waals surface area contributed by atoms with Crippen LogP contribution in [0.1, 0.15) is 16.7 Å². The molecular formula is C12H16O2S. The second kappa shape index (κ2) is 3.72. The molecule has 1 aromatic rings. The Kier molecular flexibility index (Phi) is 2.69. The van der Waals surface area contributed by atoms with Gasteiger partial charge in [0.25, 0.3) is 0 Å². The van der Waals surface area contributed by atoms with E-state index >= 15 is 0 Å². The number of methoxy groups -OCH3 is 1. The van der Waals surface area contributed by atoms with E-state index in [1.165, 1.54) is 16.7 Å². The van der Waals surface area contributed by atoms with Crippen molar-refractivity contribution in [3.8, 4) is 5.75 Å². The first-order chi connectivity index (χ1) is 7.08. The molecule has 1 aliphatic heterocycles. The Hall–Kier alpha value is -0.670. The average molecular weight is 224 g/mol. The first kappa shape index (κ1) is 10.8. The zero-order valence-corrected chi connectivity index (χ0v) is 10.2. The Labute approximate surface area is 96.0 Å². The second-order valence-electron chi connectivity index (χ2n) is 4.09. The Balaban J connectivity index is 2.46. The Morgan fingerprint density at radius 2 is 1.93 bits per heavy atom. The predicted molar refractivity (Wildman–Crippen MR) is 64.0 cm³/mol. The van der Waals surface area contributed by atoms with Crippen molar-refractivity contribution >= 4 is 12.6 Å². The van der Waals surface area contributed by atoms with Crippen molar-refractivity contribution < 1.29 is 9.47 Å². The number of rotatable bonds is 2. The molecule has 0 bridgehead atoms. The lowest BCUT2D eigenvalue weighted by Crippen LogP contribution is -2.42. The van der Waals surface area contributed by atoms with Crippen LogP contribution in [0.4, 0.5) is 0 Å². The summed E-state index contributed by atoms with van der Waals surface area (Å²) in [5.41, 5.74) is 3.71. The third-order valence-electron chi connectivity index (χ3n) is 3.14. The minimum Gasteiger partial charge on any atom is -0.496 e. The van der Waals surface area contributed by atoms with E-state index in [1.54, 1.807) is 7.11 Å². The standard InChI is InChI=1S/C12H16O2S/c1-8-9(2)11(13-3)5-4-10(8)12(15)6-14-7-12/h4-5,15H,6-7H2,1-3H3. The molecule has 2 nitrogen and oxygen atoms in total. The summed E-state index contributed by atoms with van der Waals surface area (Å²) in [4.78, 5) is 0. The van der Waals surface area contributed by atoms with E-state index in [9.17, 15) is 0 Å². The zero-order valence-electron chi connectivity index (χ0n) is 9.33. The van der Waals surface area contributed by atoms with Crippen molar-refractivity contribution in [2.45, 2.75) is 18.6 Å². The molecule has 0 N–H and O–H groups in total. The molecule has 1 aromatic carbocycles. The summed E-state index contributed by atoms with van der Waals surface area (Å²) in [6.45, 7) is 5.59. The third kappa shape index (κ3) is 1.64. The van der Waals surface area contributed by atoms with Gasteiger partial charge in [-0.15, -0.1) is 0 Å². The summed E-state index contributed by atoms with van der Waals surface area (Å²) in [5.74, 6) is 0.938. The van der Waals surface area contributed by atoms with Crippen molar-refractivity contribution in [2.24, 2.45) is 0 Å². The van der Waals surface area contributed by atoms with Crippen LogP contribution >= 0.6 is 12.6 Å². The fourth-order valence-corrected chi connectivity index (χ4v) is 2.40. The highest BCUT2D eigenvalue weighted by Crippen LogP contribution is 2.40. The Morgan fingerprint density at radius 3 is 2.40 bits per heavy atom. The molecule has 0 aromatic heterocycles. The van der Waals surface area contributed by atoms with Crippen LogP contribution in [0.3, 0.4) is 0 Å². The molecule has 0 atom stereocenters. The van der Waals surface area contributed by atoms with Gasteiger partial charge in [-0.25, -0.2) is 0 Å². The molecule has 1 heterocycles. The predicted octanol–water partition coefficient (Wildman–Crippen LogP) is 2.47. The second-order valence-corrected chi connectivity index (χ2v) is 4.95. The smallest absolute Gasteiger partial charge is 0.122 e. The van der Waals surface area contributed by atoms with Crippen molar-refractivity contribution in [3.63, 3.8) is 0 Å². The first-order valence-electron chi connectivity index (χ1n) is 5.03. The molecular weight excluding hydrogens is 208 g/mol. The number of thiol groups is 1. The normalized spacial score (nSPS) is 18.4. The van der Waals surface area contributed by atoms with Gasteiger partial charge in [0.1, 0.15) is 5.75 Å². The molecule has 0 radical (unpaired) electrons. The molecule has 0 spiro atoms. The maximum Gasteiger partial charge on any atom is 0.122 e. The lowest BCUT2D eigenvalue weighted by molar-refractivity contribution is -0.00999. The van der Waals surface area contributed by atoms with E-state index in [0.29, 0.717) is 13.2 Å². The van der Waals surface area contributed by atoms with Crippen molar-refractivity contribution in [1.29, 1.82) is 0 Å². The fourth-order valence-electron chi connectivity index (χ4n) is 1.97. The van der Waals surface area contributed by atoms with Crippen LogP contribution in [-0.2, 0) is 9.48 Å². The summed E-state index contributed by atoms with van der Waals surface area (Å²) < 4.78 is 10.4. The molecule has 3 heteroatoms. The largest absolute Gasteiger partial charge is 0.496 e. The monoisotopic (exact) mass is 224 g/mol. The molecule has 82 valence electrons. The summed E-state index contributed by atoms with van der Waals surface area (Å²) in [6.07, 6.45) is 0. The Bertz CT molecular complexity index is 383. The fraction of sp³-hybridized carbons (Fsp3) is 0.500. The van der Waals surface area contributed by atoms with Gasteiger partial charge in [-0.2, -0.15) is 12.6 Å². The van der Waals surface area contributed by atoms with Crippen LogP contribution in [0.2, 0.25) is 0 Å². The number of hydrogen-bond donors (Lipinski definition) is 1. The van der Waals surface area contributed by atoms with E-state index in [4.69, 9.17) is 9.47 Å². The molecule has 0 amide bonds. The van der Waals surface area contributed by atoms with Crippen LogP contribution < -0.4 is 4.74 Å². The minimum atomic E-state index is -0.0961. The van der Waals surface area contributed by atoms with Crippen LogP contribution in [0, 0.1) is 13.8 Å². The molecule has 0 saturated carbocycles. The van der Waals surface area contributed by atoms with E-state index in [-0.39, 0.29) is 4.75 Å². The highest BCUT2D eigenvalue weighted by atomic mass is 32.1. The molecule has 0 aliphatic carbocycles. The lowest BCUT2D eigenvalue weighted by Gasteiger charge is -2.38. The van der Waals surface area contributed by atoms with Gasteiger partial charge in [-0.05, 0) is 36.6 Å². The molecule has 15 heavy (non-hydrogen) atoms. The van der Waals surface area contributed by atoms with Gasteiger partial charge < -0.3 is 9.47 Å². The van der Waals surface area contributed by atoms with E-state index in [2.05, 4.69) is 32.5 Å². The van der Waals surface area contributed by atoms with Gasteiger partial charge in [0.2, 0.25) is 0 Å². The SMILES string of the molecule is COc1ccc(C2(S)COC2)c(C)c1C. The summed E-state index contributed by atoms with van der Waals surface area (Å²) in [5, 5.41) is 0. The van der Waals surface area contributed by atoms with Crippen LogP contribution in [0.25, 0.3) is 0 Å². The van der Waals surface area contributed by atoms with E-state index < -0.39 is 0 Å². The summed E-state index contributed by atoms with van der Waals surface area (Å²) in [7, 11) is 1.70. The maximum atomic E-state index is 5.29.